The molecule has 4 heterocycles. The molecule has 0 unspecified atom stereocenters. The highest BCUT2D eigenvalue weighted by Gasteiger charge is 2.26. The highest BCUT2D eigenvalue weighted by Crippen LogP contribution is 2.28. The molecule has 0 saturated carbocycles. The fourth-order valence-electron chi connectivity index (χ4n) is 4.57. The van der Waals surface area contributed by atoms with E-state index in [2.05, 4.69) is 40.3 Å². The normalized spacial score (nSPS) is 22.6. The molecule has 0 bridgehead atoms. The van der Waals surface area contributed by atoms with Crippen molar-refractivity contribution in [3.8, 4) is 0 Å². The van der Waals surface area contributed by atoms with Crippen LogP contribution in [-0.4, -0.2) is 61.5 Å². The number of benzene rings is 1. The molecule has 1 aromatic heterocycles. The van der Waals surface area contributed by atoms with E-state index in [-0.39, 0.29) is 4.90 Å². The summed E-state index contributed by atoms with van der Waals surface area (Å²) in [7, 11) is -3.51. The Morgan fingerprint density at radius 3 is 2.54 bits per heavy atom. The molecule has 2 N–H and O–H groups in total. The average molecular weight is 518 g/mol. The van der Waals surface area contributed by atoms with Gasteiger partial charge in [0.25, 0.3) is 0 Å². The second-order valence-electron chi connectivity index (χ2n) is 8.86. The number of hydrogen-bond donors (Lipinski definition) is 2. The maximum atomic E-state index is 12.8. The van der Waals surface area contributed by atoms with Gasteiger partial charge in [-0.1, -0.05) is 11.8 Å². The van der Waals surface area contributed by atoms with Crippen molar-refractivity contribution < 1.29 is 17.9 Å². The average Bonchev–Trinajstić information content (AvgIpc) is 3.49. The second-order valence-corrected chi connectivity index (χ2v) is 11.7. The number of morpholine rings is 1. The first-order valence-electron chi connectivity index (χ1n) is 11.9. The molecule has 5 rings (SSSR count). The van der Waals surface area contributed by atoms with E-state index < -0.39 is 10.0 Å². The molecule has 3 aliphatic heterocycles. The standard InChI is InChI=1S/C24H31N5O4S2/c1-17-14-22(18(2)29(17)15-20-4-3-11-33-20)23-16-34-24(27-26-23)25-19-5-7-21(8-6-19)35(30,31)28-9-12-32-13-10-28/h5-8,14,16,20,26H,3-4,9-13,15H2,1-2H3,(H,25,27)/t20-/m0/s1. The summed E-state index contributed by atoms with van der Waals surface area (Å²) in [6, 6.07) is 8.85. The lowest BCUT2D eigenvalue weighted by Crippen LogP contribution is -2.40. The Bertz CT molecular complexity index is 1230. The van der Waals surface area contributed by atoms with Crippen LogP contribution in [0.25, 0.3) is 5.70 Å². The molecular weight excluding hydrogens is 486 g/mol. The van der Waals surface area contributed by atoms with Crippen LogP contribution in [0.4, 0.5) is 5.69 Å². The minimum Gasteiger partial charge on any atom is -0.379 e. The first-order chi connectivity index (χ1) is 16.9. The van der Waals surface area contributed by atoms with E-state index in [4.69, 9.17) is 9.47 Å². The van der Waals surface area contributed by atoms with Crippen molar-refractivity contribution >= 4 is 38.3 Å². The van der Waals surface area contributed by atoms with Gasteiger partial charge in [-0.3, -0.25) is 10.9 Å². The molecule has 0 spiro atoms. The predicted octanol–water partition coefficient (Wildman–Crippen LogP) is 3.13. The molecule has 3 aliphatic rings. The summed E-state index contributed by atoms with van der Waals surface area (Å²) in [4.78, 5) is 4.88. The van der Waals surface area contributed by atoms with Crippen LogP contribution < -0.4 is 10.9 Å². The summed E-state index contributed by atoms with van der Waals surface area (Å²) in [6.07, 6.45) is 2.55. The molecule has 2 aromatic rings. The van der Waals surface area contributed by atoms with Crippen LogP contribution >= 0.6 is 11.8 Å². The van der Waals surface area contributed by atoms with E-state index in [1.807, 2.05) is 5.41 Å². The molecule has 0 radical (unpaired) electrons. The van der Waals surface area contributed by atoms with Crippen LogP contribution in [0.15, 0.2) is 45.6 Å². The van der Waals surface area contributed by atoms with Gasteiger partial charge in [-0.25, -0.2) is 13.4 Å². The van der Waals surface area contributed by atoms with Crippen LogP contribution in [0.5, 0.6) is 0 Å². The van der Waals surface area contributed by atoms with Gasteiger partial charge in [-0.05, 0) is 57.0 Å². The minimum absolute atomic E-state index is 0.270. The Labute approximate surface area is 210 Å². The molecule has 0 aliphatic carbocycles. The van der Waals surface area contributed by atoms with E-state index >= 15 is 0 Å². The van der Waals surface area contributed by atoms with Gasteiger partial charge in [0.05, 0.1) is 35.6 Å². The van der Waals surface area contributed by atoms with E-state index in [1.54, 1.807) is 24.3 Å². The predicted molar refractivity (Wildman–Crippen MR) is 138 cm³/mol. The van der Waals surface area contributed by atoms with Crippen molar-refractivity contribution in [1.82, 2.24) is 19.7 Å². The van der Waals surface area contributed by atoms with E-state index in [0.29, 0.717) is 43.3 Å². The summed E-state index contributed by atoms with van der Waals surface area (Å²) in [5.41, 5.74) is 11.7. The molecule has 11 heteroatoms. The van der Waals surface area contributed by atoms with Gasteiger partial charge in [-0.15, -0.1) is 0 Å². The van der Waals surface area contributed by atoms with Crippen molar-refractivity contribution in [2.75, 3.05) is 32.9 Å². The molecule has 1 atom stereocenters. The van der Waals surface area contributed by atoms with Gasteiger partial charge in [0, 0.05) is 48.6 Å². The maximum absolute atomic E-state index is 12.8. The van der Waals surface area contributed by atoms with Gasteiger partial charge in [-0.2, -0.15) is 4.31 Å². The Balaban J connectivity index is 1.26. The van der Waals surface area contributed by atoms with Gasteiger partial charge in [0.15, 0.2) is 5.17 Å². The number of amidine groups is 1. The van der Waals surface area contributed by atoms with E-state index in [0.717, 1.165) is 37.3 Å². The number of thioether (sulfide) groups is 1. The zero-order valence-corrected chi connectivity index (χ0v) is 21.6. The Hall–Kier alpha value is -2.31. The number of rotatable bonds is 6. The Morgan fingerprint density at radius 1 is 1.11 bits per heavy atom. The topological polar surface area (TPSA) is 97.2 Å². The maximum Gasteiger partial charge on any atom is 0.243 e. The third kappa shape index (κ3) is 5.29. The lowest BCUT2D eigenvalue weighted by Gasteiger charge is -2.26. The fourth-order valence-corrected chi connectivity index (χ4v) is 6.66. The molecular formula is C24H31N5O4S2. The van der Waals surface area contributed by atoms with Crippen LogP contribution in [0.1, 0.15) is 29.8 Å². The molecule has 188 valence electrons. The van der Waals surface area contributed by atoms with Crippen molar-refractivity contribution in [3.63, 3.8) is 0 Å². The minimum atomic E-state index is -3.51. The van der Waals surface area contributed by atoms with E-state index in [1.165, 1.54) is 27.5 Å². The summed E-state index contributed by atoms with van der Waals surface area (Å²) in [5.74, 6) is 0. The number of hydrogen-bond acceptors (Lipinski definition) is 7. The molecule has 35 heavy (non-hydrogen) atoms. The fraction of sp³-hybridized carbons (Fsp3) is 0.458. The quantitative estimate of drug-likeness (QED) is 0.608. The van der Waals surface area contributed by atoms with Gasteiger partial charge in [0.2, 0.25) is 10.0 Å². The molecule has 9 nitrogen and oxygen atoms in total. The molecule has 2 saturated heterocycles. The number of aryl methyl sites for hydroxylation is 1. The van der Waals surface area contributed by atoms with Crippen molar-refractivity contribution in [2.45, 2.75) is 44.2 Å². The third-order valence-corrected chi connectivity index (χ3v) is 9.22. The zero-order chi connectivity index (χ0) is 24.4. The monoisotopic (exact) mass is 517 g/mol. The summed E-state index contributed by atoms with van der Waals surface area (Å²) in [5, 5.41) is 2.73. The highest BCUT2D eigenvalue weighted by atomic mass is 32.2. The Kier molecular flexibility index (Phi) is 7.21. The molecule has 1 aromatic carbocycles. The number of aliphatic imine (C=N–C) groups is 1. The Morgan fingerprint density at radius 2 is 1.89 bits per heavy atom. The summed E-state index contributed by atoms with van der Waals surface area (Å²) < 4.78 is 40.5. The van der Waals surface area contributed by atoms with Crippen molar-refractivity contribution in [1.29, 1.82) is 0 Å². The van der Waals surface area contributed by atoms with Crippen LogP contribution in [-0.2, 0) is 26.0 Å². The summed E-state index contributed by atoms with van der Waals surface area (Å²) >= 11 is 1.49. The molecule has 0 amide bonds. The van der Waals surface area contributed by atoms with Gasteiger partial charge >= 0.3 is 0 Å². The first-order valence-corrected chi connectivity index (χ1v) is 14.2. The van der Waals surface area contributed by atoms with Crippen LogP contribution in [0.3, 0.4) is 0 Å². The molecule has 2 fully saturated rings. The van der Waals surface area contributed by atoms with Crippen molar-refractivity contribution in [2.24, 2.45) is 4.99 Å². The van der Waals surface area contributed by atoms with Gasteiger partial charge < -0.3 is 14.0 Å². The number of nitrogens with one attached hydrogen (secondary N) is 2. The third-order valence-electron chi connectivity index (χ3n) is 6.54. The first kappa shape index (κ1) is 24.4. The van der Waals surface area contributed by atoms with Crippen molar-refractivity contribution in [3.05, 3.63) is 52.7 Å². The smallest absolute Gasteiger partial charge is 0.243 e. The highest BCUT2D eigenvalue weighted by molar-refractivity contribution is 8.16. The van der Waals surface area contributed by atoms with Crippen LogP contribution in [0, 0.1) is 13.8 Å². The SMILES string of the molecule is Cc1cc(C2=CSC(=Nc3ccc(S(=O)(=O)N4CCOCC4)cc3)NN2)c(C)n1C[C@@H]1CCCO1. The number of aromatic nitrogens is 1. The van der Waals surface area contributed by atoms with E-state index in [9.17, 15) is 8.42 Å². The number of nitrogens with zero attached hydrogens (tertiary/aromatic N) is 3. The number of ether oxygens (including phenoxy) is 2. The largest absolute Gasteiger partial charge is 0.379 e. The van der Waals surface area contributed by atoms with Crippen LogP contribution in [0.2, 0.25) is 0 Å². The second kappa shape index (κ2) is 10.4. The summed E-state index contributed by atoms with van der Waals surface area (Å²) in [6.45, 7) is 7.62. The number of hydrazine groups is 1. The number of sulfonamides is 1. The van der Waals surface area contributed by atoms with Gasteiger partial charge in [0.1, 0.15) is 0 Å². The lowest BCUT2D eigenvalue weighted by atomic mass is 10.2. The lowest BCUT2D eigenvalue weighted by molar-refractivity contribution is 0.0730. The zero-order valence-electron chi connectivity index (χ0n) is 20.0.